The van der Waals surface area contributed by atoms with Crippen LogP contribution in [-0.2, 0) is 49.5 Å². The molecule has 0 aliphatic heterocycles. The third kappa shape index (κ3) is 2.80. The molecule has 0 radical (unpaired) electrons. The smallest absolute Gasteiger partial charge is 0.320 e. The fraction of sp³-hybridized carbons (Fsp3) is 0.296. The molecule has 0 saturated heterocycles. The highest BCUT2D eigenvalue weighted by atomic mass is 16.5. The maximum Gasteiger partial charge on any atom is 0.320 e. The highest BCUT2D eigenvalue weighted by Gasteiger charge is 2.62. The monoisotopic (exact) mass is 428 g/mol. The molecule has 2 bridgehead atoms. The Hall–Kier alpha value is -3.47. The first-order valence-corrected chi connectivity index (χ1v) is 10.7. The number of esters is 2. The number of benzene rings is 3. The molecule has 2 aliphatic carbocycles. The molecule has 3 aromatic rings. The van der Waals surface area contributed by atoms with Gasteiger partial charge in [-0.25, -0.2) is 0 Å². The molecular weight excluding hydrogens is 404 g/mol. The summed E-state index contributed by atoms with van der Waals surface area (Å²) in [5.74, 6) is -1.61. The van der Waals surface area contributed by atoms with Crippen molar-refractivity contribution >= 4 is 28.5 Å². The van der Waals surface area contributed by atoms with Gasteiger partial charge in [0, 0.05) is 0 Å². The van der Waals surface area contributed by atoms with E-state index in [-0.39, 0.29) is 25.7 Å². The van der Waals surface area contributed by atoms with E-state index in [0.29, 0.717) is 0 Å². The molecule has 5 nitrogen and oxygen atoms in total. The van der Waals surface area contributed by atoms with Crippen molar-refractivity contribution in [3.8, 4) is 0 Å². The molecule has 0 aromatic heterocycles. The van der Waals surface area contributed by atoms with Gasteiger partial charge in [0.2, 0.25) is 0 Å². The molecule has 0 saturated carbocycles. The van der Waals surface area contributed by atoms with Gasteiger partial charge in [-0.3, -0.25) is 14.4 Å². The van der Waals surface area contributed by atoms with E-state index in [1.807, 2.05) is 60.7 Å². The molecule has 5 rings (SSSR count). The van der Waals surface area contributed by atoms with Crippen LogP contribution in [0.15, 0.2) is 60.7 Å². The van der Waals surface area contributed by atoms with Crippen LogP contribution in [0.2, 0.25) is 0 Å². The molecule has 0 amide bonds. The van der Waals surface area contributed by atoms with E-state index >= 15 is 0 Å². The predicted octanol–water partition coefficient (Wildman–Crippen LogP) is 3.63. The molecule has 0 fully saturated rings. The third-order valence-electron chi connectivity index (χ3n) is 7.18. The lowest BCUT2D eigenvalue weighted by molar-refractivity contribution is -0.168. The highest BCUT2D eigenvalue weighted by Crippen LogP contribution is 2.49. The van der Waals surface area contributed by atoms with Crippen molar-refractivity contribution in [2.45, 2.75) is 25.7 Å². The lowest BCUT2D eigenvalue weighted by atomic mass is 9.66. The number of Topliss-reactive ketones (excluding diaryl/α,β-unsaturated/α-hetero) is 1. The molecule has 3 aromatic carbocycles. The second kappa shape index (κ2) is 7.30. The normalized spacial score (nSPS) is 24.0. The van der Waals surface area contributed by atoms with E-state index in [4.69, 9.17) is 9.47 Å². The fourth-order valence-electron chi connectivity index (χ4n) is 5.64. The van der Waals surface area contributed by atoms with Crippen molar-refractivity contribution < 1.29 is 23.9 Å². The highest BCUT2D eigenvalue weighted by molar-refractivity contribution is 6.16. The van der Waals surface area contributed by atoms with Crippen LogP contribution in [0.4, 0.5) is 0 Å². The quantitative estimate of drug-likeness (QED) is 0.461. The summed E-state index contributed by atoms with van der Waals surface area (Å²) < 4.78 is 10.4. The van der Waals surface area contributed by atoms with E-state index in [1.54, 1.807) is 0 Å². The zero-order valence-electron chi connectivity index (χ0n) is 18.1. The van der Waals surface area contributed by atoms with Crippen LogP contribution in [-0.4, -0.2) is 31.9 Å². The Morgan fingerprint density at radius 2 is 1.03 bits per heavy atom. The number of carbonyl (C=O) groups excluding carboxylic acids is 3. The molecule has 2 atom stereocenters. The average Bonchev–Trinajstić information content (AvgIpc) is 2.99. The van der Waals surface area contributed by atoms with Gasteiger partial charge in [0.15, 0.2) is 5.78 Å². The first-order valence-electron chi connectivity index (χ1n) is 10.7. The van der Waals surface area contributed by atoms with Gasteiger partial charge in [0.05, 0.1) is 14.2 Å². The lowest BCUT2D eigenvalue weighted by Crippen LogP contribution is -2.54. The number of hydrogen-bond acceptors (Lipinski definition) is 5. The number of ketones is 1. The Kier molecular flexibility index (Phi) is 4.66. The fourth-order valence-corrected chi connectivity index (χ4v) is 5.64. The van der Waals surface area contributed by atoms with Gasteiger partial charge in [-0.05, 0) is 58.7 Å². The van der Waals surface area contributed by atoms with Gasteiger partial charge in [0.25, 0.3) is 0 Å². The van der Waals surface area contributed by atoms with Crippen LogP contribution in [0.1, 0.15) is 22.3 Å². The van der Waals surface area contributed by atoms with Crippen LogP contribution >= 0.6 is 0 Å². The summed E-state index contributed by atoms with van der Waals surface area (Å²) in [6.45, 7) is 0. The molecule has 5 heteroatoms. The maximum atomic E-state index is 14.3. The molecular formula is C27H24O5. The second-order valence-electron chi connectivity index (χ2n) is 8.92. The number of methoxy groups -OCH3 is 2. The zero-order valence-corrected chi connectivity index (χ0v) is 18.1. The van der Waals surface area contributed by atoms with Crippen LogP contribution in [0.3, 0.4) is 0 Å². The minimum Gasteiger partial charge on any atom is -0.468 e. The van der Waals surface area contributed by atoms with Gasteiger partial charge < -0.3 is 9.47 Å². The molecule has 0 N–H and O–H groups in total. The van der Waals surface area contributed by atoms with E-state index in [9.17, 15) is 14.4 Å². The summed E-state index contributed by atoms with van der Waals surface area (Å²) in [5.41, 5.74) is 0.578. The van der Waals surface area contributed by atoms with Gasteiger partial charge in [-0.2, -0.15) is 0 Å². The summed E-state index contributed by atoms with van der Waals surface area (Å²) in [4.78, 5) is 41.0. The summed E-state index contributed by atoms with van der Waals surface area (Å²) in [6.07, 6.45) is 0.761. The van der Waals surface area contributed by atoms with E-state index in [1.165, 1.54) is 14.2 Å². The van der Waals surface area contributed by atoms with Crippen molar-refractivity contribution in [2.24, 2.45) is 10.8 Å². The average molecular weight is 428 g/mol. The summed E-state index contributed by atoms with van der Waals surface area (Å²) in [6, 6.07) is 19.7. The molecule has 0 heterocycles. The number of hydrogen-bond donors (Lipinski definition) is 0. The summed E-state index contributed by atoms with van der Waals surface area (Å²) >= 11 is 0. The number of rotatable bonds is 2. The molecule has 162 valence electrons. The number of ether oxygens (including phenoxy) is 2. The Morgan fingerprint density at radius 1 is 0.656 bits per heavy atom. The zero-order chi connectivity index (χ0) is 22.5. The van der Waals surface area contributed by atoms with Crippen LogP contribution < -0.4 is 0 Å². The summed E-state index contributed by atoms with van der Waals surface area (Å²) in [5, 5.41) is 2.06. The van der Waals surface area contributed by atoms with Gasteiger partial charge in [-0.15, -0.1) is 0 Å². The number of carbonyl (C=O) groups is 3. The third-order valence-corrected chi connectivity index (χ3v) is 7.18. The molecule has 0 spiro atoms. The minimum absolute atomic E-state index is 0.186. The van der Waals surface area contributed by atoms with E-state index in [0.717, 1.165) is 33.0 Å². The first-order chi connectivity index (χ1) is 15.4. The maximum absolute atomic E-state index is 14.3. The molecule has 2 unspecified atom stereocenters. The minimum atomic E-state index is -1.50. The topological polar surface area (TPSA) is 69.7 Å². The SMILES string of the molecule is COC(=O)C12Cc3ccccc3CC(C(=O)OC)(Cc3cc4ccccc4cc3C1)C2=O. The Labute approximate surface area is 186 Å². The standard InChI is InChI=1S/C27H24O5/c1-31-24(29)26-13-19-9-5-6-10-20(19)14-27(23(26)28,25(30)32-2)16-22-12-18-8-4-3-7-17(18)11-21(22)15-26/h3-12H,13-16H2,1-2H3. The largest absolute Gasteiger partial charge is 0.468 e. The van der Waals surface area contributed by atoms with Gasteiger partial charge in [0.1, 0.15) is 10.8 Å². The van der Waals surface area contributed by atoms with Crippen molar-refractivity contribution in [1.29, 1.82) is 0 Å². The van der Waals surface area contributed by atoms with Crippen molar-refractivity contribution in [3.05, 3.63) is 82.9 Å². The van der Waals surface area contributed by atoms with Gasteiger partial charge >= 0.3 is 11.9 Å². The van der Waals surface area contributed by atoms with E-state index < -0.39 is 28.6 Å². The lowest BCUT2D eigenvalue weighted by Gasteiger charge is -2.34. The van der Waals surface area contributed by atoms with Crippen LogP contribution in [0.25, 0.3) is 10.8 Å². The van der Waals surface area contributed by atoms with Gasteiger partial charge in [-0.1, -0.05) is 60.7 Å². The molecule has 2 aliphatic rings. The van der Waals surface area contributed by atoms with Crippen LogP contribution in [0, 0.1) is 10.8 Å². The second-order valence-corrected chi connectivity index (χ2v) is 8.92. The van der Waals surface area contributed by atoms with Crippen molar-refractivity contribution in [1.82, 2.24) is 0 Å². The van der Waals surface area contributed by atoms with Crippen LogP contribution in [0.5, 0.6) is 0 Å². The molecule has 32 heavy (non-hydrogen) atoms. The first kappa shape index (κ1) is 20.4. The summed E-state index contributed by atoms with van der Waals surface area (Å²) in [7, 11) is 2.60. The Bertz CT molecular complexity index is 1180. The Balaban J connectivity index is 1.85. The van der Waals surface area contributed by atoms with Crippen molar-refractivity contribution in [2.75, 3.05) is 14.2 Å². The van der Waals surface area contributed by atoms with Crippen molar-refractivity contribution in [3.63, 3.8) is 0 Å². The predicted molar refractivity (Wildman–Crippen MR) is 119 cm³/mol. The Morgan fingerprint density at radius 3 is 1.44 bits per heavy atom. The van der Waals surface area contributed by atoms with E-state index in [2.05, 4.69) is 0 Å². The number of fused-ring (bicyclic) bond motifs is 5.